The summed E-state index contributed by atoms with van der Waals surface area (Å²) < 4.78 is 45.5. The molecule has 0 unspecified atom stereocenters. The molecular weight excluding hydrogens is 415 g/mol. The van der Waals surface area contributed by atoms with E-state index in [9.17, 15) is 23.5 Å². The topological polar surface area (TPSA) is 53.2 Å². The number of ether oxygens (including phenoxy) is 1. The van der Waals surface area contributed by atoms with Gasteiger partial charge in [-0.25, -0.2) is 0 Å². The first-order valence-corrected chi connectivity index (χ1v) is 9.94. The number of aromatic hydroxyl groups is 1. The first-order valence-electron chi connectivity index (χ1n) is 9.94. The van der Waals surface area contributed by atoms with Crippen molar-refractivity contribution in [1.29, 1.82) is 5.26 Å². The lowest BCUT2D eigenvalue weighted by molar-refractivity contribution is -0.137. The molecule has 32 heavy (non-hydrogen) atoms. The van der Waals surface area contributed by atoms with Crippen molar-refractivity contribution >= 4 is 0 Å². The Morgan fingerprint density at radius 2 is 1.62 bits per heavy atom. The summed E-state index contributed by atoms with van der Waals surface area (Å²) in [6, 6.07) is 19.7. The van der Waals surface area contributed by atoms with Crippen molar-refractivity contribution in [1.82, 2.24) is 0 Å². The zero-order valence-corrected chi connectivity index (χ0v) is 17.1. The Morgan fingerprint density at radius 3 is 2.34 bits per heavy atom. The predicted octanol–water partition coefficient (Wildman–Crippen LogP) is 5.83. The van der Waals surface area contributed by atoms with E-state index in [2.05, 4.69) is 17.9 Å². The number of rotatable bonds is 6. The van der Waals surface area contributed by atoms with E-state index in [1.54, 1.807) is 18.2 Å². The van der Waals surface area contributed by atoms with Crippen LogP contribution >= 0.6 is 0 Å². The summed E-state index contributed by atoms with van der Waals surface area (Å²) >= 11 is 0. The van der Waals surface area contributed by atoms with Crippen LogP contribution in [0.5, 0.6) is 5.75 Å². The molecule has 0 aliphatic heterocycles. The molecule has 0 aromatic heterocycles. The summed E-state index contributed by atoms with van der Waals surface area (Å²) in [6.45, 7) is 0.988. The molecular formula is C26H20F3NO2. The maximum Gasteiger partial charge on any atom is 0.417 e. The van der Waals surface area contributed by atoms with Crippen LogP contribution in [0.1, 0.15) is 39.8 Å². The van der Waals surface area contributed by atoms with Crippen molar-refractivity contribution in [2.45, 2.75) is 25.6 Å². The molecule has 0 amide bonds. The summed E-state index contributed by atoms with van der Waals surface area (Å²) in [5.74, 6) is 4.89. The van der Waals surface area contributed by atoms with E-state index in [1.165, 1.54) is 6.07 Å². The van der Waals surface area contributed by atoms with Crippen LogP contribution in [-0.2, 0) is 23.9 Å². The fraction of sp³-hybridized carbons (Fsp3) is 0.192. The van der Waals surface area contributed by atoms with Crippen LogP contribution < -0.4 is 0 Å². The van der Waals surface area contributed by atoms with E-state index in [0.717, 1.165) is 17.2 Å². The van der Waals surface area contributed by atoms with Crippen molar-refractivity contribution in [3.63, 3.8) is 0 Å². The third-order valence-electron chi connectivity index (χ3n) is 4.72. The van der Waals surface area contributed by atoms with Crippen LogP contribution in [0.3, 0.4) is 0 Å². The third kappa shape index (κ3) is 6.38. The van der Waals surface area contributed by atoms with Crippen molar-refractivity contribution in [3.05, 3.63) is 100 Å². The quantitative estimate of drug-likeness (QED) is 0.391. The number of phenols is 1. The van der Waals surface area contributed by atoms with Crippen molar-refractivity contribution in [2.75, 3.05) is 6.61 Å². The maximum atomic E-state index is 13.3. The van der Waals surface area contributed by atoms with E-state index >= 15 is 0 Å². The van der Waals surface area contributed by atoms with Gasteiger partial charge >= 0.3 is 6.18 Å². The van der Waals surface area contributed by atoms with E-state index in [0.29, 0.717) is 43.2 Å². The number of halogens is 3. The summed E-state index contributed by atoms with van der Waals surface area (Å²) in [6.07, 6.45) is -3.40. The molecule has 162 valence electrons. The van der Waals surface area contributed by atoms with Gasteiger partial charge in [-0.05, 0) is 60.4 Å². The second-order valence-corrected chi connectivity index (χ2v) is 7.10. The number of phenolic OH excluding ortho intramolecular Hbond substituents is 1. The standard InChI is InChI=1S/C26H20F3NO2/c27-26(28,29)25-16-24(31)13-12-22(25)11-10-21-9-8-20(17-30)15-23(21)7-4-14-32-18-19-5-2-1-3-6-19/h1-3,5-6,8-9,12-13,15-16,31H,4,7,14,18H2. The van der Waals surface area contributed by atoms with Crippen molar-refractivity contribution < 1.29 is 23.0 Å². The van der Waals surface area contributed by atoms with E-state index in [4.69, 9.17) is 4.74 Å². The summed E-state index contributed by atoms with van der Waals surface area (Å²) in [5.41, 5.74) is 1.63. The Kier molecular flexibility index (Phi) is 7.54. The molecule has 3 rings (SSSR count). The molecule has 1 N–H and O–H groups in total. The molecule has 3 aromatic rings. The number of hydrogen-bond acceptors (Lipinski definition) is 3. The van der Waals surface area contributed by atoms with Crippen LogP contribution in [0.15, 0.2) is 66.7 Å². The minimum absolute atomic E-state index is 0.225. The monoisotopic (exact) mass is 435 g/mol. The van der Waals surface area contributed by atoms with E-state index in [1.807, 2.05) is 30.3 Å². The number of aryl methyl sites for hydroxylation is 1. The molecule has 0 fully saturated rings. The molecule has 0 radical (unpaired) electrons. The largest absolute Gasteiger partial charge is 0.508 e. The average Bonchev–Trinajstić information content (AvgIpc) is 2.78. The molecule has 0 aliphatic rings. The van der Waals surface area contributed by atoms with Gasteiger partial charge in [-0.2, -0.15) is 18.4 Å². The van der Waals surface area contributed by atoms with Crippen molar-refractivity contribution in [2.24, 2.45) is 0 Å². The SMILES string of the molecule is N#Cc1ccc(C#Cc2ccc(O)cc2C(F)(F)F)c(CCCOCc2ccccc2)c1. The van der Waals surface area contributed by atoms with Gasteiger partial charge in [0.25, 0.3) is 0 Å². The van der Waals surface area contributed by atoms with Gasteiger partial charge in [-0.15, -0.1) is 0 Å². The van der Waals surface area contributed by atoms with E-state index in [-0.39, 0.29) is 5.56 Å². The Hall–Kier alpha value is -3.74. The third-order valence-corrected chi connectivity index (χ3v) is 4.72. The molecule has 0 saturated carbocycles. The van der Waals surface area contributed by atoms with Crippen molar-refractivity contribution in [3.8, 4) is 23.7 Å². The second-order valence-electron chi connectivity index (χ2n) is 7.10. The number of hydrogen-bond donors (Lipinski definition) is 1. The Balaban J connectivity index is 1.74. The lowest BCUT2D eigenvalue weighted by Crippen LogP contribution is -2.07. The first-order chi connectivity index (χ1) is 15.4. The number of nitrogens with zero attached hydrogens (tertiary/aromatic N) is 1. The highest BCUT2D eigenvalue weighted by atomic mass is 19.4. The van der Waals surface area contributed by atoms with Gasteiger partial charge in [-0.1, -0.05) is 42.2 Å². The van der Waals surface area contributed by atoms with Gasteiger partial charge in [-0.3, -0.25) is 0 Å². The summed E-state index contributed by atoms with van der Waals surface area (Å²) in [4.78, 5) is 0. The summed E-state index contributed by atoms with van der Waals surface area (Å²) in [5, 5.41) is 18.6. The maximum absolute atomic E-state index is 13.3. The van der Waals surface area contributed by atoms with Gasteiger partial charge in [0.1, 0.15) is 5.75 Å². The van der Waals surface area contributed by atoms with Crippen LogP contribution in [-0.4, -0.2) is 11.7 Å². The highest BCUT2D eigenvalue weighted by molar-refractivity contribution is 5.53. The molecule has 0 spiro atoms. The van der Waals surface area contributed by atoms with Crippen LogP contribution in [0.25, 0.3) is 0 Å². The Morgan fingerprint density at radius 1 is 0.906 bits per heavy atom. The van der Waals surface area contributed by atoms with Gasteiger partial charge in [0, 0.05) is 17.7 Å². The minimum Gasteiger partial charge on any atom is -0.508 e. The molecule has 3 aromatic carbocycles. The molecule has 0 atom stereocenters. The average molecular weight is 435 g/mol. The van der Waals surface area contributed by atoms with Gasteiger partial charge < -0.3 is 9.84 Å². The van der Waals surface area contributed by atoms with Crippen LogP contribution in [0.4, 0.5) is 13.2 Å². The highest BCUT2D eigenvalue weighted by Gasteiger charge is 2.33. The number of alkyl halides is 3. The first kappa shape index (κ1) is 22.9. The molecule has 3 nitrogen and oxygen atoms in total. The summed E-state index contributed by atoms with van der Waals surface area (Å²) in [7, 11) is 0. The fourth-order valence-electron chi connectivity index (χ4n) is 3.13. The lowest BCUT2D eigenvalue weighted by Gasteiger charge is -2.09. The van der Waals surface area contributed by atoms with E-state index < -0.39 is 17.5 Å². The van der Waals surface area contributed by atoms with Crippen LogP contribution in [0, 0.1) is 23.2 Å². The Bertz CT molecular complexity index is 1170. The zero-order valence-electron chi connectivity index (χ0n) is 17.1. The smallest absolute Gasteiger partial charge is 0.417 e. The highest BCUT2D eigenvalue weighted by Crippen LogP contribution is 2.33. The normalized spacial score (nSPS) is 10.8. The molecule has 0 heterocycles. The fourth-order valence-corrected chi connectivity index (χ4v) is 3.13. The second kappa shape index (κ2) is 10.5. The van der Waals surface area contributed by atoms with Gasteiger partial charge in [0.05, 0.1) is 23.8 Å². The molecule has 0 bridgehead atoms. The molecule has 6 heteroatoms. The van der Waals surface area contributed by atoms with Gasteiger partial charge in [0.2, 0.25) is 0 Å². The Labute approximate surface area is 184 Å². The minimum atomic E-state index is -4.63. The number of nitriles is 1. The lowest BCUT2D eigenvalue weighted by atomic mass is 9.99. The zero-order chi connectivity index (χ0) is 23.0. The molecule has 0 aliphatic carbocycles. The molecule has 0 saturated heterocycles. The predicted molar refractivity (Wildman–Crippen MR) is 115 cm³/mol. The van der Waals surface area contributed by atoms with Gasteiger partial charge in [0.15, 0.2) is 0 Å². The van der Waals surface area contributed by atoms with Crippen LogP contribution in [0.2, 0.25) is 0 Å². The number of benzene rings is 3.